The van der Waals surface area contributed by atoms with Crippen molar-refractivity contribution >= 4 is 35.0 Å². The fourth-order valence-corrected chi connectivity index (χ4v) is 3.25. The zero-order chi connectivity index (χ0) is 13.7. The molecular formula is C14H18N2O2S. The van der Waals surface area contributed by atoms with Crippen LogP contribution in [0, 0.1) is 0 Å². The maximum atomic E-state index is 12.1. The third kappa shape index (κ3) is 4.28. The molecule has 1 saturated heterocycles. The first-order valence-electron chi connectivity index (χ1n) is 6.45. The van der Waals surface area contributed by atoms with Gasteiger partial charge in [0.1, 0.15) is 0 Å². The Morgan fingerprint density at radius 1 is 1.21 bits per heavy atom. The Hall–Kier alpha value is -1.49. The predicted molar refractivity (Wildman–Crippen MR) is 79.5 cm³/mol. The van der Waals surface area contributed by atoms with E-state index in [2.05, 4.69) is 10.6 Å². The summed E-state index contributed by atoms with van der Waals surface area (Å²) in [5.41, 5.74) is 1.42. The van der Waals surface area contributed by atoms with Gasteiger partial charge < -0.3 is 10.6 Å². The van der Waals surface area contributed by atoms with Gasteiger partial charge in [0.15, 0.2) is 0 Å². The highest BCUT2D eigenvalue weighted by Gasteiger charge is 2.21. The monoisotopic (exact) mass is 278 g/mol. The van der Waals surface area contributed by atoms with Crippen molar-refractivity contribution in [2.45, 2.75) is 31.4 Å². The van der Waals surface area contributed by atoms with Gasteiger partial charge in [-0.3, -0.25) is 9.59 Å². The molecule has 0 aliphatic carbocycles. The second-order valence-electron chi connectivity index (χ2n) is 4.61. The average molecular weight is 278 g/mol. The number of benzene rings is 1. The van der Waals surface area contributed by atoms with Crippen LogP contribution in [-0.2, 0) is 9.59 Å². The number of carbonyl (C=O) groups excluding carboxylic acids is 2. The zero-order valence-electron chi connectivity index (χ0n) is 10.9. The Morgan fingerprint density at radius 3 is 2.58 bits per heavy atom. The molecule has 1 aliphatic rings. The van der Waals surface area contributed by atoms with E-state index in [1.54, 1.807) is 23.9 Å². The molecule has 102 valence electrons. The van der Waals surface area contributed by atoms with Crippen molar-refractivity contribution in [3.8, 4) is 0 Å². The zero-order valence-corrected chi connectivity index (χ0v) is 11.8. The summed E-state index contributed by atoms with van der Waals surface area (Å²) in [5.74, 6) is 1.00. The van der Waals surface area contributed by atoms with E-state index in [-0.39, 0.29) is 17.1 Å². The van der Waals surface area contributed by atoms with Crippen molar-refractivity contribution in [1.82, 2.24) is 0 Å². The van der Waals surface area contributed by atoms with Gasteiger partial charge >= 0.3 is 0 Å². The molecule has 19 heavy (non-hydrogen) atoms. The molecule has 4 nitrogen and oxygen atoms in total. The van der Waals surface area contributed by atoms with E-state index in [1.165, 1.54) is 13.3 Å². The minimum atomic E-state index is -0.119. The molecule has 0 aromatic heterocycles. The van der Waals surface area contributed by atoms with Crippen LogP contribution in [0.4, 0.5) is 11.4 Å². The highest BCUT2D eigenvalue weighted by molar-refractivity contribution is 8.00. The summed E-state index contributed by atoms with van der Waals surface area (Å²) in [7, 11) is 0. The third-order valence-electron chi connectivity index (χ3n) is 2.92. The topological polar surface area (TPSA) is 58.2 Å². The first kappa shape index (κ1) is 13.9. The molecule has 0 saturated carbocycles. The van der Waals surface area contributed by atoms with Crippen LogP contribution in [0.1, 0.15) is 26.2 Å². The molecule has 1 aromatic carbocycles. The summed E-state index contributed by atoms with van der Waals surface area (Å²) in [5, 5.41) is 5.67. The van der Waals surface area contributed by atoms with Gasteiger partial charge in [-0.05, 0) is 36.8 Å². The van der Waals surface area contributed by atoms with Crippen LogP contribution in [0.15, 0.2) is 24.3 Å². The Balaban J connectivity index is 1.97. The second kappa shape index (κ2) is 6.61. The van der Waals surface area contributed by atoms with Crippen LogP contribution in [0.3, 0.4) is 0 Å². The van der Waals surface area contributed by atoms with Gasteiger partial charge in [-0.15, -0.1) is 11.8 Å². The predicted octanol–water partition coefficient (Wildman–Crippen LogP) is 2.87. The minimum Gasteiger partial charge on any atom is -0.326 e. The van der Waals surface area contributed by atoms with Crippen LogP contribution in [0.5, 0.6) is 0 Å². The maximum absolute atomic E-state index is 12.1. The maximum Gasteiger partial charge on any atom is 0.237 e. The molecule has 1 unspecified atom stereocenters. The lowest BCUT2D eigenvalue weighted by Gasteiger charge is -2.20. The van der Waals surface area contributed by atoms with Crippen molar-refractivity contribution in [2.75, 3.05) is 16.4 Å². The van der Waals surface area contributed by atoms with Crippen LogP contribution in [-0.4, -0.2) is 22.8 Å². The van der Waals surface area contributed by atoms with E-state index in [0.717, 1.165) is 24.3 Å². The Morgan fingerprint density at radius 2 is 1.95 bits per heavy atom. The van der Waals surface area contributed by atoms with Gasteiger partial charge in [-0.25, -0.2) is 0 Å². The van der Waals surface area contributed by atoms with E-state index in [0.29, 0.717) is 5.69 Å². The average Bonchev–Trinajstić information content (AvgIpc) is 2.39. The van der Waals surface area contributed by atoms with Gasteiger partial charge in [-0.2, -0.15) is 0 Å². The van der Waals surface area contributed by atoms with E-state index in [1.807, 2.05) is 12.1 Å². The second-order valence-corrected chi connectivity index (χ2v) is 5.92. The first-order chi connectivity index (χ1) is 9.15. The summed E-state index contributed by atoms with van der Waals surface area (Å²) >= 11 is 1.72. The van der Waals surface area contributed by atoms with Crippen LogP contribution in [0.25, 0.3) is 0 Å². The first-order valence-corrected chi connectivity index (χ1v) is 7.50. The highest BCUT2D eigenvalue weighted by Crippen LogP contribution is 2.26. The largest absolute Gasteiger partial charge is 0.326 e. The Kier molecular flexibility index (Phi) is 4.85. The van der Waals surface area contributed by atoms with Crippen molar-refractivity contribution < 1.29 is 9.59 Å². The van der Waals surface area contributed by atoms with E-state index in [4.69, 9.17) is 0 Å². The van der Waals surface area contributed by atoms with E-state index >= 15 is 0 Å². The highest BCUT2D eigenvalue weighted by atomic mass is 32.2. The number of thioether (sulfide) groups is 1. The molecule has 0 radical (unpaired) electrons. The fraction of sp³-hybridized carbons (Fsp3) is 0.429. The minimum absolute atomic E-state index is 0.0539. The van der Waals surface area contributed by atoms with Gasteiger partial charge in [0.2, 0.25) is 11.8 Å². The molecular weight excluding hydrogens is 260 g/mol. The molecule has 1 heterocycles. The number of rotatable bonds is 3. The van der Waals surface area contributed by atoms with Gasteiger partial charge in [0, 0.05) is 18.3 Å². The number of nitrogens with one attached hydrogen (secondary N) is 2. The molecule has 1 aliphatic heterocycles. The third-order valence-corrected chi connectivity index (χ3v) is 4.30. The number of anilines is 2. The summed E-state index contributed by atoms with van der Waals surface area (Å²) in [6.07, 6.45) is 3.27. The summed E-state index contributed by atoms with van der Waals surface area (Å²) in [6, 6.07) is 7.21. The van der Waals surface area contributed by atoms with Crippen molar-refractivity contribution in [3.63, 3.8) is 0 Å². The lowest BCUT2D eigenvalue weighted by Crippen LogP contribution is -2.27. The van der Waals surface area contributed by atoms with E-state index in [9.17, 15) is 9.59 Å². The number of amides is 2. The summed E-state index contributed by atoms with van der Waals surface area (Å²) in [6.45, 7) is 1.46. The lowest BCUT2D eigenvalue weighted by molar-refractivity contribution is -0.116. The molecule has 0 bridgehead atoms. The lowest BCUT2D eigenvalue weighted by atomic mass is 10.1. The summed E-state index contributed by atoms with van der Waals surface area (Å²) in [4.78, 5) is 23.1. The summed E-state index contributed by atoms with van der Waals surface area (Å²) < 4.78 is 0. The van der Waals surface area contributed by atoms with Gasteiger partial charge in [0.25, 0.3) is 0 Å². The van der Waals surface area contributed by atoms with E-state index < -0.39 is 0 Å². The molecule has 2 N–H and O–H groups in total. The standard InChI is InChI=1S/C14H18N2O2S/c1-10(17)15-11-5-4-6-12(9-11)16-14(18)13-7-2-3-8-19-13/h4-6,9,13H,2-3,7-8H2,1H3,(H,15,17)(H,16,18). The van der Waals surface area contributed by atoms with Crippen molar-refractivity contribution in [2.24, 2.45) is 0 Å². The SMILES string of the molecule is CC(=O)Nc1cccc(NC(=O)C2CCCCS2)c1. The molecule has 1 aromatic rings. The normalized spacial score (nSPS) is 18.7. The Labute approximate surface area is 117 Å². The molecule has 2 amide bonds. The van der Waals surface area contributed by atoms with Crippen molar-refractivity contribution in [1.29, 1.82) is 0 Å². The molecule has 0 spiro atoms. The quantitative estimate of drug-likeness (QED) is 0.894. The smallest absolute Gasteiger partial charge is 0.237 e. The van der Waals surface area contributed by atoms with Gasteiger partial charge in [-0.1, -0.05) is 12.5 Å². The molecule has 1 atom stereocenters. The molecule has 2 rings (SSSR count). The Bertz CT molecular complexity index is 470. The number of carbonyl (C=O) groups is 2. The van der Waals surface area contributed by atoms with Crippen molar-refractivity contribution in [3.05, 3.63) is 24.3 Å². The number of hydrogen-bond donors (Lipinski definition) is 2. The molecule has 5 heteroatoms. The number of hydrogen-bond acceptors (Lipinski definition) is 3. The molecule has 1 fully saturated rings. The van der Waals surface area contributed by atoms with Crippen LogP contribution >= 0.6 is 11.8 Å². The van der Waals surface area contributed by atoms with Crippen LogP contribution < -0.4 is 10.6 Å². The van der Waals surface area contributed by atoms with Gasteiger partial charge in [0.05, 0.1) is 5.25 Å². The van der Waals surface area contributed by atoms with Crippen LogP contribution in [0.2, 0.25) is 0 Å². The fourth-order valence-electron chi connectivity index (χ4n) is 2.05.